The Kier molecular flexibility index (Phi) is 5.76. The van der Waals surface area contributed by atoms with Crippen LogP contribution in [0, 0.1) is 0 Å². The van der Waals surface area contributed by atoms with Crippen molar-refractivity contribution in [2.75, 3.05) is 19.8 Å². The van der Waals surface area contributed by atoms with Gasteiger partial charge < -0.3 is 19.5 Å². The van der Waals surface area contributed by atoms with Crippen LogP contribution in [0.5, 0.6) is 5.75 Å². The number of rotatable bonds is 6. The van der Waals surface area contributed by atoms with Gasteiger partial charge in [0.25, 0.3) is 0 Å². The highest BCUT2D eigenvalue weighted by molar-refractivity contribution is 5.65. The van der Waals surface area contributed by atoms with Crippen molar-refractivity contribution in [2.24, 2.45) is 0 Å². The van der Waals surface area contributed by atoms with Crippen LogP contribution in [-0.2, 0) is 4.74 Å². The number of carboxylic acid groups (broad SMARTS) is 1. The van der Waals surface area contributed by atoms with Crippen molar-refractivity contribution in [1.29, 1.82) is 0 Å². The quantitative estimate of drug-likeness (QED) is 0.816. The Balaban J connectivity index is 1.34. The second-order valence-electron chi connectivity index (χ2n) is 7.27. The van der Waals surface area contributed by atoms with E-state index in [4.69, 9.17) is 9.47 Å². The molecule has 0 spiro atoms. The van der Waals surface area contributed by atoms with E-state index in [0.29, 0.717) is 25.3 Å². The van der Waals surface area contributed by atoms with E-state index in [9.17, 15) is 9.90 Å². The van der Waals surface area contributed by atoms with Crippen LogP contribution < -0.4 is 4.74 Å². The number of likely N-dealkylation sites (tertiary alicyclic amines) is 1. The second-order valence-corrected chi connectivity index (χ2v) is 7.27. The minimum Gasteiger partial charge on any atom is -0.492 e. The molecule has 2 aromatic rings. The lowest BCUT2D eigenvalue weighted by Gasteiger charge is -2.24. The fraction of sp³-hybridized carbons (Fsp3) is 0.550. The van der Waals surface area contributed by atoms with Crippen molar-refractivity contribution >= 4 is 6.09 Å². The van der Waals surface area contributed by atoms with Crippen LogP contribution in [-0.4, -0.2) is 56.7 Å². The lowest BCUT2D eigenvalue weighted by Crippen LogP contribution is -2.35. The van der Waals surface area contributed by atoms with Gasteiger partial charge in [-0.2, -0.15) is 5.10 Å². The number of aromatic nitrogens is 3. The third-order valence-electron chi connectivity index (χ3n) is 5.44. The van der Waals surface area contributed by atoms with Crippen LogP contribution in [0.2, 0.25) is 0 Å². The summed E-state index contributed by atoms with van der Waals surface area (Å²) in [6.45, 7) is 1.86. The maximum absolute atomic E-state index is 11.2. The Morgan fingerprint density at radius 1 is 1.25 bits per heavy atom. The van der Waals surface area contributed by atoms with E-state index in [1.807, 2.05) is 22.9 Å². The lowest BCUT2D eigenvalue weighted by molar-refractivity contribution is -0.0384. The zero-order valence-corrected chi connectivity index (χ0v) is 15.9. The Labute approximate surface area is 164 Å². The van der Waals surface area contributed by atoms with Gasteiger partial charge in [0, 0.05) is 31.8 Å². The van der Waals surface area contributed by atoms with Gasteiger partial charge in [-0.15, -0.1) is 0 Å². The molecule has 0 aromatic carbocycles. The normalized spacial score (nSPS) is 22.4. The highest BCUT2D eigenvalue weighted by atomic mass is 16.5. The van der Waals surface area contributed by atoms with Crippen molar-refractivity contribution in [2.45, 2.75) is 50.8 Å². The van der Waals surface area contributed by atoms with Crippen molar-refractivity contribution < 1.29 is 19.4 Å². The van der Waals surface area contributed by atoms with Crippen molar-refractivity contribution in [3.8, 4) is 17.1 Å². The smallest absolute Gasteiger partial charge is 0.407 e. The molecule has 4 heterocycles. The third-order valence-corrected chi connectivity index (χ3v) is 5.44. The highest BCUT2D eigenvalue weighted by Crippen LogP contribution is 2.28. The van der Waals surface area contributed by atoms with Gasteiger partial charge in [0.2, 0.25) is 0 Å². The van der Waals surface area contributed by atoms with E-state index >= 15 is 0 Å². The lowest BCUT2D eigenvalue weighted by atomic mass is 10.1. The van der Waals surface area contributed by atoms with Crippen LogP contribution in [0.1, 0.15) is 44.8 Å². The minimum absolute atomic E-state index is 0.0277. The molecule has 8 heteroatoms. The maximum atomic E-state index is 11.2. The van der Waals surface area contributed by atoms with Gasteiger partial charge in [-0.05, 0) is 50.3 Å². The van der Waals surface area contributed by atoms with Gasteiger partial charge >= 0.3 is 6.09 Å². The standard InChI is InChI=1S/C20H26N4O4/c25-20(26)23-11-3-4-15(23)9-13-27-16-6-7-17(21-14-16)18-8-10-22-24(18)19-5-1-2-12-28-19/h6-8,10,14-15,19H,1-5,9,11-13H2,(H,25,26)/t15-,19?/m1/s1. The molecule has 2 atom stereocenters. The fourth-order valence-electron chi connectivity index (χ4n) is 3.98. The van der Waals surface area contributed by atoms with Gasteiger partial charge in [0.1, 0.15) is 5.75 Å². The highest BCUT2D eigenvalue weighted by Gasteiger charge is 2.28. The van der Waals surface area contributed by atoms with Crippen molar-refractivity contribution in [3.63, 3.8) is 0 Å². The molecule has 1 unspecified atom stereocenters. The van der Waals surface area contributed by atoms with Crippen LogP contribution in [0.15, 0.2) is 30.6 Å². The predicted molar refractivity (Wildman–Crippen MR) is 102 cm³/mol. The largest absolute Gasteiger partial charge is 0.492 e. The zero-order chi connectivity index (χ0) is 19.3. The molecule has 150 valence electrons. The van der Waals surface area contributed by atoms with Gasteiger partial charge in [-0.3, -0.25) is 4.98 Å². The first kappa shape index (κ1) is 18.7. The van der Waals surface area contributed by atoms with E-state index in [1.54, 1.807) is 12.4 Å². The molecule has 4 rings (SSSR count). The number of hydrogen-bond donors (Lipinski definition) is 1. The molecular weight excluding hydrogens is 360 g/mol. The van der Waals surface area contributed by atoms with Gasteiger partial charge in [0.05, 0.1) is 24.2 Å². The summed E-state index contributed by atoms with van der Waals surface area (Å²) < 4.78 is 13.5. The van der Waals surface area contributed by atoms with Gasteiger partial charge in [-0.25, -0.2) is 9.48 Å². The van der Waals surface area contributed by atoms with Gasteiger partial charge in [-0.1, -0.05) is 0 Å². The molecule has 2 aromatic heterocycles. The Morgan fingerprint density at radius 3 is 2.93 bits per heavy atom. The zero-order valence-electron chi connectivity index (χ0n) is 15.9. The summed E-state index contributed by atoms with van der Waals surface area (Å²) >= 11 is 0. The molecule has 8 nitrogen and oxygen atoms in total. The maximum Gasteiger partial charge on any atom is 0.407 e. The summed E-state index contributed by atoms with van der Waals surface area (Å²) in [5.41, 5.74) is 1.76. The minimum atomic E-state index is -0.841. The molecule has 0 saturated carbocycles. The first-order valence-corrected chi connectivity index (χ1v) is 9.96. The number of hydrogen-bond acceptors (Lipinski definition) is 5. The van der Waals surface area contributed by atoms with Crippen molar-refractivity contribution in [3.05, 3.63) is 30.6 Å². The average molecular weight is 386 g/mol. The summed E-state index contributed by atoms with van der Waals surface area (Å²) in [6, 6.07) is 5.81. The molecule has 28 heavy (non-hydrogen) atoms. The van der Waals surface area contributed by atoms with E-state index in [-0.39, 0.29) is 12.3 Å². The van der Waals surface area contributed by atoms with Crippen LogP contribution >= 0.6 is 0 Å². The van der Waals surface area contributed by atoms with Gasteiger partial charge in [0.15, 0.2) is 6.23 Å². The molecule has 1 amide bonds. The topological polar surface area (TPSA) is 89.7 Å². The predicted octanol–water partition coefficient (Wildman–Crippen LogP) is 3.56. The number of amides is 1. The fourth-order valence-corrected chi connectivity index (χ4v) is 3.98. The van der Waals surface area contributed by atoms with E-state index in [0.717, 1.165) is 50.1 Å². The molecule has 2 saturated heterocycles. The summed E-state index contributed by atoms with van der Waals surface area (Å²) in [7, 11) is 0. The molecule has 0 radical (unpaired) electrons. The molecule has 2 aliphatic heterocycles. The number of pyridine rings is 1. The Bertz CT molecular complexity index is 786. The second kappa shape index (κ2) is 8.60. The summed E-state index contributed by atoms with van der Waals surface area (Å²) in [5, 5.41) is 13.6. The number of ether oxygens (including phenoxy) is 2. The van der Waals surface area contributed by atoms with E-state index in [1.165, 1.54) is 4.90 Å². The molecule has 2 aliphatic rings. The molecular formula is C20H26N4O4. The summed E-state index contributed by atoms with van der Waals surface area (Å²) in [4.78, 5) is 17.2. The number of nitrogens with zero attached hydrogens (tertiary/aromatic N) is 4. The molecule has 0 aliphatic carbocycles. The summed E-state index contributed by atoms with van der Waals surface area (Å²) in [5.74, 6) is 0.684. The van der Waals surface area contributed by atoms with Crippen LogP contribution in [0.25, 0.3) is 11.4 Å². The molecule has 1 N–H and O–H groups in total. The molecule has 2 fully saturated rings. The average Bonchev–Trinajstić information content (AvgIpc) is 3.39. The Morgan fingerprint density at radius 2 is 2.18 bits per heavy atom. The van der Waals surface area contributed by atoms with Crippen LogP contribution in [0.3, 0.4) is 0 Å². The SMILES string of the molecule is O=C(O)N1CCC[C@@H]1CCOc1ccc(-c2ccnn2C2CCCCO2)nc1. The summed E-state index contributed by atoms with van der Waals surface area (Å²) in [6.07, 6.45) is 8.34. The Hall–Kier alpha value is -2.61. The van der Waals surface area contributed by atoms with Crippen molar-refractivity contribution in [1.82, 2.24) is 19.7 Å². The van der Waals surface area contributed by atoms with E-state index < -0.39 is 6.09 Å². The number of carbonyl (C=O) groups is 1. The first-order valence-electron chi connectivity index (χ1n) is 9.96. The van der Waals surface area contributed by atoms with E-state index in [2.05, 4.69) is 10.1 Å². The first-order chi connectivity index (χ1) is 13.7. The third kappa shape index (κ3) is 4.11. The monoisotopic (exact) mass is 386 g/mol. The van der Waals surface area contributed by atoms with Crippen LogP contribution in [0.4, 0.5) is 4.79 Å². The molecule has 0 bridgehead atoms.